The molecule has 1 N–H and O–H groups in total. The van der Waals surface area contributed by atoms with Gasteiger partial charge in [-0.15, -0.1) is 0 Å². The third kappa shape index (κ3) is 2.46. The largest absolute Gasteiger partial charge is 0.390 e. The second-order valence-corrected chi connectivity index (χ2v) is 4.29. The van der Waals surface area contributed by atoms with Crippen LogP contribution in [0.2, 0.25) is 0 Å². The first kappa shape index (κ1) is 10.0. The Hall–Kier alpha value is -0.0800. The molecule has 71 valence electrons. The van der Waals surface area contributed by atoms with Gasteiger partial charge in [0.05, 0.1) is 5.60 Å². The summed E-state index contributed by atoms with van der Waals surface area (Å²) in [5, 5.41) is 9.81. The second kappa shape index (κ2) is 3.75. The molecule has 1 fully saturated rings. The Morgan fingerprint density at radius 1 is 1.58 bits per heavy atom. The van der Waals surface area contributed by atoms with Gasteiger partial charge in [-0.1, -0.05) is 0 Å². The van der Waals surface area contributed by atoms with Crippen molar-refractivity contribution in [2.75, 3.05) is 19.6 Å². The Kier molecular flexibility index (Phi) is 3.13. The molecule has 1 rings (SSSR count). The van der Waals surface area contributed by atoms with E-state index in [1.54, 1.807) is 0 Å². The van der Waals surface area contributed by atoms with E-state index in [4.69, 9.17) is 0 Å². The van der Waals surface area contributed by atoms with E-state index in [9.17, 15) is 5.11 Å². The van der Waals surface area contributed by atoms with Gasteiger partial charge >= 0.3 is 0 Å². The predicted molar refractivity (Wildman–Crippen MR) is 50.8 cm³/mol. The van der Waals surface area contributed by atoms with Gasteiger partial charge in [-0.2, -0.15) is 0 Å². The molecule has 2 nitrogen and oxygen atoms in total. The van der Waals surface area contributed by atoms with E-state index >= 15 is 0 Å². The van der Waals surface area contributed by atoms with Crippen molar-refractivity contribution >= 4 is 0 Å². The number of hydrogen-bond acceptors (Lipinski definition) is 2. The standard InChI is InChI=1S/C10H20NO/c1-4-11-7-5-6-9(8-11)10(2,3)12/h9,12H,1,4-8H2,2-3H3/t9-/m1/s1. The molecule has 0 aromatic carbocycles. The zero-order valence-corrected chi connectivity index (χ0v) is 8.21. The van der Waals surface area contributed by atoms with Crippen molar-refractivity contribution in [2.45, 2.75) is 32.3 Å². The van der Waals surface area contributed by atoms with E-state index in [0.717, 1.165) is 26.1 Å². The molecule has 1 aliphatic heterocycles. The van der Waals surface area contributed by atoms with Crippen molar-refractivity contribution in [1.82, 2.24) is 4.90 Å². The van der Waals surface area contributed by atoms with Gasteiger partial charge in [0, 0.05) is 6.54 Å². The van der Waals surface area contributed by atoms with E-state index in [2.05, 4.69) is 11.8 Å². The number of nitrogens with zero attached hydrogens (tertiary/aromatic N) is 1. The van der Waals surface area contributed by atoms with Gasteiger partial charge < -0.3 is 10.0 Å². The van der Waals surface area contributed by atoms with E-state index in [1.165, 1.54) is 6.42 Å². The zero-order chi connectivity index (χ0) is 9.19. The van der Waals surface area contributed by atoms with Crippen molar-refractivity contribution in [1.29, 1.82) is 0 Å². The van der Waals surface area contributed by atoms with Crippen LogP contribution < -0.4 is 0 Å². The van der Waals surface area contributed by atoms with Gasteiger partial charge in [-0.3, -0.25) is 0 Å². The van der Waals surface area contributed by atoms with Gasteiger partial charge in [0.1, 0.15) is 0 Å². The average molecular weight is 170 g/mol. The van der Waals surface area contributed by atoms with Crippen molar-refractivity contribution in [3.8, 4) is 0 Å². The first-order valence-corrected chi connectivity index (χ1v) is 4.78. The van der Waals surface area contributed by atoms with Crippen LogP contribution in [0, 0.1) is 12.8 Å². The lowest BCUT2D eigenvalue weighted by Crippen LogP contribution is -2.44. The van der Waals surface area contributed by atoms with Crippen LogP contribution in [-0.2, 0) is 0 Å². The summed E-state index contributed by atoms with van der Waals surface area (Å²) in [6, 6.07) is 0. The van der Waals surface area contributed by atoms with Crippen molar-refractivity contribution in [2.24, 2.45) is 5.92 Å². The molecule has 1 heterocycles. The van der Waals surface area contributed by atoms with Gasteiger partial charge in [0.2, 0.25) is 0 Å². The average Bonchev–Trinajstić information content (AvgIpc) is 2.03. The summed E-state index contributed by atoms with van der Waals surface area (Å²) >= 11 is 0. The Bertz CT molecular complexity index is 139. The molecule has 0 spiro atoms. The lowest BCUT2D eigenvalue weighted by atomic mass is 9.84. The van der Waals surface area contributed by atoms with Gasteiger partial charge in [0.15, 0.2) is 0 Å². The molecule has 0 aromatic rings. The monoisotopic (exact) mass is 170 g/mol. The fraction of sp³-hybridized carbons (Fsp3) is 0.900. The molecule has 0 aromatic heterocycles. The molecule has 2 heteroatoms. The van der Waals surface area contributed by atoms with Gasteiger partial charge in [0.25, 0.3) is 0 Å². The number of likely N-dealkylation sites (tertiary alicyclic amines) is 1. The molecule has 1 radical (unpaired) electrons. The summed E-state index contributed by atoms with van der Waals surface area (Å²) in [6.07, 6.45) is 2.35. The smallest absolute Gasteiger partial charge is 0.0632 e. The first-order valence-electron chi connectivity index (χ1n) is 4.78. The molecule has 12 heavy (non-hydrogen) atoms. The number of rotatable bonds is 2. The minimum atomic E-state index is -0.520. The molecule has 0 unspecified atom stereocenters. The lowest BCUT2D eigenvalue weighted by Gasteiger charge is -2.38. The van der Waals surface area contributed by atoms with Crippen LogP contribution in [-0.4, -0.2) is 35.2 Å². The number of hydrogen-bond donors (Lipinski definition) is 1. The highest BCUT2D eigenvalue weighted by Crippen LogP contribution is 2.26. The van der Waals surface area contributed by atoms with Crippen molar-refractivity contribution in [3.05, 3.63) is 6.92 Å². The van der Waals surface area contributed by atoms with Crippen LogP contribution in [0.15, 0.2) is 0 Å². The fourth-order valence-electron chi connectivity index (χ4n) is 1.84. The fourth-order valence-corrected chi connectivity index (χ4v) is 1.84. The Morgan fingerprint density at radius 3 is 2.75 bits per heavy atom. The molecule has 0 bridgehead atoms. The summed E-state index contributed by atoms with van der Waals surface area (Å²) in [6.45, 7) is 10.7. The topological polar surface area (TPSA) is 23.5 Å². The maximum absolute atomic E-state index is 9.81. The lowest BCUT2D eigenvalue weighted by molar-refractivity contribution is -0.0162. The van der Waals surface area contributed by atoms with Crippen LogP contribution >= 0.6 is 0 Å². The molecular weight excluding hydrogens is 150 g/mol. The zero-order valence-electron chi connectivity index (χ0n) is 8.21. The van der Waals surface area contributed by atoms with Crippen molar-refractivity contribution < 1.29 is 5.11 Å². The predicted octanol–water partition coefficient (Wildman–Crippen LogP) is 1.30. The summed E-state index contributed by atoms with van der Waals surface area (Å²) < 4.78 is 0. The minimum absolute atomic E-state index is 0.424. The third-order valence-corrected chi connectivity index (χ3v) is 2.82. The van der Waals surface area contributed by atoms with E-state index in [0.29, 0.717) is 5.92 Å². The number of aliphatic hydroxyl groups is 1. The minimum Gasteiger partial charge on any atom is -0.390 e. The van der Waals surface area contributed by atoms with Crippen molar-refractivity contribution in [3.63, 3.8) is 0 Å². The summed E-state index contributed by atoms with van der Waals surface area (Å²) in [5.41, 5.74) is -0.520. The highest BCUT2D eigenvalue weighted by atomic mass is 16.3. The Labute approximate surface area is 75.6 Å². The van der Waals surface area contributed by atoms with Crippen LogP contribution in [0.5, 0.6) is 0 Å². The summed E-state index contributed by atoms with van der Waals surface area (Å²) in [4.78, 5) is 2.31. The van der Waals surface area contributed by atoms with E-state index < -0.39 is 5.60 Å². The SMILES string of the molecule is [CH2]CN1CCC[C@@H](C(C)(C)O)C1. The maximum atomic E-state index is 9.81. The third-order valence-electron chi connectivity index (χ3n) is 2.82. The molecule has 1 aliphatic rings. The van der Waals surface area contributed by atoms with Crippen LogP contribution in [0.4, 0.5) is 0 Å². The highest BCUT2D eigenvalue weighted by molar-refractivity contribution is 4.83. The highest BCUT2D eigenvalue weighted by Gasteiger charge is 2.30. The quantitative estimate of drug-likeness (QED) is 0.675. The molecule has 1 saturated heterocycles. The second-order valence-electron chi connectivity index (χ2n) is 4.29. The van der Waals surface area contributed by atoms with E-state index in [1.807, 2.05) is 13.8 Å². The summed E-state index contributed by atoms with van der Waals surface area (Å²) in [5.74, 6) is 0.424. The van der Waals surface area contributed by atoms with Crippen LogP contribution in [0.25, 0.3) is 0 Å². The van der Waals surface area contributed by atoms with Gasteiger partial charge in [-0.25, -0.2) is 0 Å². The normalized spacial score (nSPS) is 27.5. The van der Waals surface area contributed by atoms with Gasteiger partial charge in [-0.05, 0) is 52.6 Å². The maximum Gasteiger partial charge on any atom is 0.0632 e. The van der Waals surface area contributed by atoms with Crippen LogP contribution in [0.3, 0.4) is 0 Å². The molecule has 0 aliphatic carbocycles. The molecule has 1 atom stereocenters. The summed E-state index contributed by atoms with van der Waals surface area (Å²) in [7, 11) is 0. The Morgan fingerprint density at radius 2 is 2.25 bits per heavy atom. The molecule has 0 saturated carbocycles. The molecule has 0 amide bonds. The number of piperidine rings is 1. The molecular formula is C10H20NO. The Balaban J connectivity index is 2.46. The first-order chi connectivity index (χ1) is 5.54. The van der Waals surface area contributed by atoms with Crippen LogP contribution in [0.1, 0.15) is 26.7 Å². The van der Waals surface area contributed by atoms with E-state index in [-0.39, 0.29) is 0 Å².